The molecule has 0 saturated carbocycles. The van der Waals surface area contributed by atoms with E-state index >= 15 is 0 Å². The van der Waals surface area contributed by atoms with Gasteiger partial charge in [-0.15, -0.1) is 0 Å². The predicted molar refractivity (Wildman–Crippen MR) is 362 cm³/mol. The molecule has 3 fully saturated rings. The summed E-state index contributed by atoms with van der Waals surface area (Å²) in [4.78, 5) is 52.8. The number of ether oxygens (including phenoxy) is 6. The van der Waals surface area contributed by atoms with E-state index in [9.17, 15) is 44.4 Å². The molecule has 0 spiro atoms. The van der Waals surface area contributed by atoms with Gasteiger partial charge in [-0.25, -0.2) is 19.2 Å². The molecule has 0 amide bonds. The monoisotopic (exact) mass is 1390 g/mol. The maximum atomic E-state index is 12.2. The van der Waals surface area contributed by atoms with Crippen molar-refractivity contribution in [1.29, 1.82) is 0 Å². The molecule has 96 heavy (non-hydrogen) atoms. The number of hydrogen-bond acceptors (Lipinski definition) is 23. The van der Waals surface area contributed by atoms with Crippen molar-refractivity contribution in [3.8, 4) is 0 Å². The third-order valence-electron chi connectivity index (χ3n) is 17.2. The van der Waals surface area contributed by atoms with E-state index in [1.807, 2.05) is 98.8 Å². The molecule has 2 N–H and O–H groups in total. The van der Waals surface area contributed by atoms with E-state index in [1.54, 1.807) is 13.8 Å². The molecule has 14 atom stereocenters. The van der Waals surface area contributed by atoms with E-state index in [0.29, 0.717) is 56.0 Å². The highest BCUT2D eigenvalue weighted by Gasteiger charge is 2.57. The molecule has 4 aliphatic carbocycles. The third-order valence-corrected chi connectivity index (χ3v) is 19.0. The number of esters is 4. The fourth-order valence-corrected chi connectivity index (χ4v) is 14.4. The van der Waals surface area contributed by atoms with Crippen LogP contribution in [0.5, 0.6) is 0 Å². The van der Waals surface area contributed by atoms with Crippen LogP contribution in [0.15, 0.2) is 138 Å². The zero-order valence-electron chi connectivity index (χ0n) is 57.0. The minimum atomic E-state index is -3.95. The molecular weight excluding hydrogens is 1300 g/mol. The fraction of sp³-hybridized carbons (Fsp3) is 0.571. The first-order valence-electron chi connectivity index (χ1n) is 33.3. The normalized spacial score (nSPS) is 26.8. The summed E-state index contributed by atoms with van der Waals surface area (Å²) in [5.41, 5.74) is 5.55. The molecule has 23 nitrogen and oxygen atoms in total. The van der Waals surface area contributed by atoms with Crippen LogP contribution in [-0.4, -0.2) is 189 Å². The van der Waals surface area contributed by atoms with E-state index < -0.39 is 66.6 Å². The Morgan fingerprint density at radius 1 is 0.479 bits per heavy atom. The van der Waals surface area contributed by atoms with Crippen molar-refractivity contribution in [2.75, 3.05) is 45.2 Å². The maximum absolute atomic E-state index is 12.2. The topological polar surface area (TPSA) is 294 Å². The number of rotatable bonds is 29. The van der Waals surface area contributed by atoms with Gasteiger partial charge in [-0.3, -0.25) is 22.3 Å². The van der Waals surface area contributed by atoms with Crippen LogP contribution in [0.3, 0.4) is 0 Å². The SMILES string of the molecule is CCOC(=O)C1=C[C@@H](OC(CC)CC)[C@@H]2N[C@@H]2C1.CCOC(=O)C1=C[C@@H](OC(CC)CC)[C@H]2[C@@H](C1)N2Cc1ccccc1.CCOC(=O)C1=C[C@H](NCc2ccccc2)[C@H](OS(C)(=O)=O)[C@@H](OS(C)(=O)=O)C1.CCOC(=O)C1=C[C@H]2[C@@H]([C@@H](OS(C)(=O)=O)C1)N2Cc1ccccc1. The molecule has 3 saturated heterocycles. The van der Waals surface area contributed by atoms with Gasteiger partial charge in [0, 0.05) is 72.9 Å². The van der Waals surface area contributed by atoms with Gasteiger partial charge in [0.05, 0.1) is 99.9 Å². The standard InChI is InChI=1S/C21H29NO3.C18H25NO8S2.C17H21NO5S.C14H23NO3/c1-4-17(5-2)25-19-13-16(21(23)24-6-3)12-18-20(19)22(18)14-15-10-8-7-9-11-15;1-4-25-18(20)14-10-15(19-12-13-8-6-5-7-9-13)17(27-29(3,23)24)16(11-14)26-28(2,21)22;1-3-22-17(19)13-9-14-16(15(10-13)23-24(2,20)21)18(14)11-12-7-5-4-6-8-12;1-4-10(5-2)18-12-8-9(14(16)17-6-3)7-11-13(12)15-11/h7-11,13,17-20H,4-6,12,14H2,1-3H3;5-10,15-17,19H,4,11-12H2,1-3H3;4-9,14-16H,3,10-11H2,1-2H3;8,10-13,15H,4-7H2,1-3H3/t18-,19-,20-,22?;15-,16-,17-;14-,15-,16-,18?;11-,12-,13-/m1001/s1. The van der Waals surface area contributed by atoms with Gasteiger partial charge < -0.3 is 39.1 Å². The molecule has 26 heteroatoms. The van der Waals surface area contributed by atoms with Gasteiger partial charge in [-0.05, 0) is 95.1 Å². The highest BCUT2D eigenvalue weighted by molar-refractivity contribution is 7.86. The lowest BCUT2D eigenvalue weighted by Gasteiger charge is -2.35. The molecule has 2 unspecified atom stereocenters. The summed E-state index contributed by atoms with van der Waals surface area (Å²) in [6.45, 7) is 18.8. The summed E-state index contributed by atoms with van der Waals surface area (Å²) in [5.74, 6) is -1.41. The highest BCUT2D eigenvalue weighted by atomic mass is 32.2. The van der Waals surface area contributed by atoms with E-state index in [1.165, 1.54) is 11.6 Å². The smallest absolute Gasteiger partial charge is 0.333 e. The van der Waals surface area contributed by atoms with Gasteiger partial charge in [0.25, 0.3) is 30.4 Å². The molecule has 3 aromatic rings. The van der Waals surface area contributed by atoms with Crippen molar-refractivity contribution >= 4 is 54.2 Å². The number of carbonyl (C=O) groups is 4. The Hall–Kier alpha value is -6.01. The third kappa shape index (κ3) is 23.6. The number of hydrogen-bond donors (Lipinski definition) is 2. The zero-order chi connectivity index (χ0) is 69.9. The summed E-state index contributed by atoms with van der Waals surface area (Å²) in [6, 6.07) is 30.4. The lowest BCUT2D eigenvalue weighted by Crippen LogP contribution is -2.52. The van der Waals surface area contributed by atoms with Gasteiger partial charge in [0.1, 0.15) is 12.2 Å². The van der Waals surface area contributed by atoms with Gasteiger partial charge in [0.2, 0.25) is 0 Å². The molecular formula is C70H98N4O19S3. The van der Waals surface area contributed by atoms with Gasteiger partial charge in [0.15, 0.2) is 0 Å². The highest BCUT2D eigenvalue weighted by Crippen LogP contribution is 2.45. The Morgan fingerprint density at radius 3 is 1.35 bits per heavy atom. The summed E-state index contributed by atoms with van der Waals surface area (Å²) >= 11 is 0. The lowest BCUT2D eigenvalue weighted by molar-refractivity contribution is -0.140. The Morgan fingerprint density at radius 2 is 0.885 bits per heavy atom. The fourth-order valence-electron chi connectivity index (χ4n) is 12.5. The molecule has 0 bridgehead atoms. The minimum absolute atomic E-state index is 0.00473. The Labute approximate surface area is 568 Å². The number of fused-ring (bicyclic) bond motifs is 3. The summed E-state index contributed by atoms with van der Waals surface area (Å²) in [5, 5.41) is 6.48. The van der Waals surface area contributed by atoms with Gasteiger partial charge in [-0.1, -0.05) is 131 Å². The first-order valence-corrected chi connectivity index (χ1v) is 38.8. The molecule has 3 heterocycles. The Bertz CT molecular complexity index is 3530. The molecule has 0 radical (unpaired) electrons. The first kappa shape index (κ1) is 77.3. The van der Waals surface area contributed by atoms with E-state index in [0.717, 1.165) is 86.1 Å². The molecule has 3 aliphatic heterocycles. The van der Waals surface area contributed by atoms with Crippen LogP contribution in [0.4, 0.5) is 0 Å². The van der Waals surface area contributed by atoms with Crippen LogP contribution in [0.1, 0.15) is 123 Å². The van der Waals surface area contributed by atoms with E-state index in [4.69, 9.17) is 41.0 Å². The number of nitrogens with one attached hydrogen (secondary N) is 2. The predicted octanol–water partition coefficient (Wildman–Crippen LogP) is 7.71. The second-order valence-corrected chi connectivity index (χ2v) is 29.3. The molecule has 530 valence electrons. The molecule has 7 aliphatic rings. The zero-order valence-corrected chi connectivity index (χ0v) is 59.5. The van der Waals surface area contributed by atoms with E-state index in [2.05, 4.69) is 72.4 Å². The van der Waals surface area contributed by atoms with E-state index in [-0.39, 0.29) is 80.1 Å². The Kier molecular flexibility index (Phi) is 29.2. The molecule has 0 aromatic heterocycles. The average molecular weight is 1400 g/mol. The quantitative estimate of drug-likeness (QED) is 0.0291. The van der Waals surface area contributed by atoms with Crippen LogP contribution in [-0.2, 0) is 110 Å². The van der Waals surface area contributed by atoms with Crippen LogP contribution in [0.2, 0.25) is 0 Å². The summed E-state index contributed by atoms with van der Waals surface area (Å²) in [7, 11) is -11.5. The maximum Gasteiger partial charge on any atom is 0.333 e. The second-order valence-electron chi connectivity index (χ2n) is 24.5. The van der Waals surface area contributed by atoms with Crippen molar-refractivity contribution in [3.05, 3.63) is 154 Å². The average Bonchev–Trinajstić information content (AvgIpc) is 1.58. The van der Waals surface area contributed by atoms with Crippen LogP contribution >= 0.6 is 0 Å². The number of nitrogens with zero attached hydrogens (tertiary/aromatic N) is 2. The first-order chi connectivity index (χ1) is 45.7. The van der Waals surface area contributed by atoms with Crippen molar-refractivity contribution in [3.63, 3.8) is 0 Å². The largest absolute Gasteiger partial charge is 0.463 e. The Balaban J connectivity index is 0.000000183. The summed E-state index contributed by atoms with van der Waals surface area (Å²) < 4.78 is 118. The summed E-state index contributed by atoms with van der Waals surface area (Å²) in [6.07, 6.45) is 13.2. The van der Waals surface area contributed by atoms with Gasteiger partial charge in [-0.2, -0.15) is 25.3 Å². The van der Waals surface area contributed by atoms with Crippen LogP contribution in [0, 0.1) is 0 Å². The van der Waals surface area contributed by atoms with Crippen LogP contribution in [0.25, 0.3) is 0 Å². The van der Waals surface area contributed by atoms with Crippen molar-refractivity contribution < 1.29 is 85.4 Å². The van der Waals surface area contributed by atoms with Crippen LogP contribution < -0.4 is 10.6 Å². The number of benzene rings is 3. The minimum Gasteiger partial charge on any atom is -0.463 e. The van der Waals surface area contributed by atoms with Crippen molar-refractivity contribution in [2.24, 2.45) is 0 Å². The molecule has 3 aromatic carbocycles. The van der Waals surface area contributed by atoms with Crippen molar-refractivity contribution in [1.82, 2.24) is 20.4 Å². The number of carbonyl (C=O) groups excluding carboxylic acids is 4. The van der Waals surface area contributed by atoms with Gasteiger partial charge >= 0.3 is 23.9 Å². The lowest BCUT2D eigenvalue weighted by atomic mass is 9.90. The second kappa shape index (κ2) is 36.2. The molecule has 10 rings (SSSR count). The van der Waals surface area contributed by atoms with Crippen molar-refractivity contribution in [2.45, 2.75) is 211 Å².